The van der Waals surface area contributed by atoms with Crippen LogP contribution in [0.25, 0.3) is 0 Å². The molecular formula is C9H17NO3. The number of aliphatic hydroxyl groups is 1. The first-order valence-corrected chi connectivity index (χ1v) is 4.80. The van der Waals surface area contributed by atoms with E-state index >= 15 is 0 Å². The lowest BCUT2D eigenvalue weighted by Gasteiger charge is -2.30. The van der Waals surface area contributed by atoms with Gasteiger partial charge in [0.25, 0.3) is 0 Å². The quantitative estimate of drug-likeness (QED) is 0.588. The molecule has 1 aliphatic rings. The van der Waals surface area contributed by atoms with Crippen molar-refractivity contribution in [2.75, 3.05) is 13.2 Å². The van der Waals surface area contributed by atoms with E-state index in [1.165, 1.54) is 0 Å². The summed E-state index contributed by atoms with van der Waals surface area (Å²) in [4.78, 5) is 10.3. The SMILES string of the molecule is O=C(O)CNC1CCCCC1CO. The van der Waals surface area contributed by atoms with Gasteiger partial charge in [0.1, 0.15) is 0 Å². The number of carbonyl (C=O) groups is 1. The van der Waals surface area contributed by atoms with Crippen LogP contribution in [0.4, 0.5) is 0 Å². The summed E-state index contributed by atoms with van der Waals surface area (Å²) in [6.45, 7) is 0.165. The van der Waals surface area contributed by atoms with Gasteiger partial charge < -0.3 is 15.5 Å². The predicted octanol–water partition coefficient (Wildman–Crippen LogP) is 0.212. The highest BCUT2D eigenvalue weighted by Crippen LogP contribution is 2.23. The molecule has 13 heavy (non-hydrogen) atoms. The molecule has 1 fully saturated rings. The molecule has 1 saturated carbocycles. The molecule has 0 amide bonds. The monoisotopic (exact) mass is 187 g/mol. The molecule has 0 aromatic rings. The van der Waals surface area contributed by atoms with Gasteiger partial charge in [0.05, 0.1) is 6.54 Å². The minimum atomic E-state index is -0.831. The number of nitrogens with one attached hydrogen (secondary N) is 1. The molecule has 3 N–H and O–H groups in total. The lowest BCUT2D eigenvalue weighted by molar-refractivity contribution is -0.136. The zero-order chi connectivity index (χ0) is 9.68. The van der Waals surface area contributed by atoms with Crippen molar-refractivity contribution in [2.45, 2.75) is 31.7 Å². The van der Waals surface area contributed by atoms with E-state index in [4.69, 9.17) is 10.2 Å². The number of hydrogen-bond donors (Lipinski definition) is 3. The average Bonchev–Trinajstić information content (AvgIpc) is 2.15. The first-order valence-electron chi connectivity index (χ1n) is 4.80. The van der Waals surface area contributed by atoms with Crippen molar-refractivity contribution in [3.05, 3.63) is 0 Å². The van der Waals surface area contributed by atoms with Crippen LogP contribution in [0, 0.1) is 5.92 Å². The molecule has 0 aliphatic heterocycles. The smallest absolute Gasteiger partial charge is 0.317 e. The normalized spacial score (nSPS) is 28.7. The van der Waals surface area contributed by atoms with Crippen LogP contribution in [0.5, 0.6) is 0 Å². The van der Waals surface area contributed by atoms with E-state index in [9.17, 15) is 4.79 Å². The Morgan fingerprint density at radius 1 is 1.38 bits per heavy atom. The number of hydrogen-bond acceptors (Lipinski definition) is 3. The van der Waals surface area contributed by atoms with Crippen molar-refractivity contribution in [2.24, 2.45) is 5.92 Å². The van der Waals surface area contributed by atoms with E-state index in [2.05, 4.69) is 5.32 Å². The van der Waals surface area contributed by atoms with E-state index in [-0.39, 0.29) is 25.1 Å². The number of aliphatic carboxylic acids is 1. The molecule has 0 radical (unpaired) electrons. The fourth-order valence-corrected chi connectivity index (χ4v) is 1.91. The molecular weight excluding hydrogens is 170 g/mol. The second-order valence-electron chi connectivity index (χ2n) is 3.61. The summed E-state index contributed by atoms with van der Waals surface area (Å²) in [5.41, 5.74) is 0. The van der Waals surface area contributed by atoms with Crippen molar-refractivity contribution in [1.82, 2.24) is 5.32 Å². The first-order chi connectivity index (χ1) is 6.24. The van der Waals surface area contributed by atoms with Gasteiger partial charge in [-0.1, -0.05) is 12.8 Å². The third-order valence-electron chi connectivity index (χ3n) is 2.66. The summed E-state index contributed by atoms with van der Waals surface area (Å²) in [6, 6.07) is 0.190. The largest absolute Gasteiger partial charge is 0.480 e. The lowest BCUT2D eigenvalue weighted by atomic mass is 9.85. The second-order valence-corrected chi connectivity index (χ2v) is 3.61. The first kappa shape index (κ1) is 10.5. The molecule has 2 unspecified atom stereocenters. The fourth-order valence-electron chi connectivity index (χ4n) is 1.91. The van der Waals surface area contributed by atoms with Crippen molar-refractivity contribution in [3.63, 3.8) is 0 Å². The van der Waals surface area contributed by atoms with Gasteiger partial charge in [0, 0.05) is 12.6 Å². The zero-order valence-corrected chi connectivity index (χ0v) is 7.70. The Kier molecular flexibility index (Phi) is 4.18. The third-order valence-corrected chi connectivity index (χ3v) is 2.66. The molecule has 0 bridgehead atoms. The molecule has 0 aromatic carbocycles. The Labute approximate surface area is 78.0 Å². The minimum Gasteiger partial charge on any atom is -0.480 e. The van der Waals surface area contributed by atoms with Crippen LogP contribution >= 0.6 is 0 Å². The number of carboxylic acids is 1. The summed E-state index contributed by atoms with van der Waals surface area (Å²) < 4.78 is 0. The van der Waals surface area contributed by atoms with Crippen LogP contribution in [0.1, 0.15) is 25.7 Å². The molecule has 0 aromatic heterocycles. The Morgan fingerprint density at radius 3 is 2.69 bits per heavy atom. The number of rotatable bonds is 4. The average molecular weight is 187 g/mol. The minimum absolute atomic E-state index is 0.00116. The maximum atomic E-state index is 10.3. The summed E-state index contributed by atoms with van der Waals surface area (Å²) in [5.74, 6) is -0.588. The molecule has 0 saturated heterocycles. The number of carboxylic acid groups (broad SMARTS) is 1. The van der Waals surface area contributed by atoms with Gasteiger partial charge in [-0.3, -0.25) is 4.79 Å². The molecule has 0 spiro atoms. The van der Waals surface area contributed by atoms with Crippen molar-refractivity contribution < 1.29 is 15.0 Å². The van der Waals surface area contributed by atoms with Gasteiger partial charge in [0.15, 0.2) is 0 Å². The van der Waals surface area contributed by atoms with Gasteiger partial charge >= 0.3 is 5.97 Å². The molecule has 76 valence electrons. The summed E-state index contributed by atoms with van der Waals surface area (Å²) in [6.07, 6.45) is 4.27. The zero-order valence-electron chi connectivity index (χ0n) is 7.70. The van der Waals surface area contributed by atoms with Crippen molar-refractivity contribution in [1.29, 1.82) is 0 Å². The molecule has 1 rings (SSSR count). The maximum absolute atomic E-state index is 10.3. The highest BCUT2D eigenvalue weighted by molar-refractivity contribution is 5.69. The van der Waals surface area contributed by atoms with Crippen LogP contribution in [-0.4, -0.2) is 35.4 Å². The van der Waals surface area contributed by atoms with Gasteiger partial charge in [-0.2, -0.15) is 0 Å². The van der Waals surface area contributed by atoms with E-state index in [1.807, 2.05) is 0 Å². The number of aliphatic hydroxyl groups excluding tert-OH is 1. The summed E-state index contributed by atoms with van der Waals surface area (Å²) >= 11 is 0. The Bertz CT molecular complexity index is 172. The van der Waals surface area contributed by atoms with Crippen LogP contribution in [0.15, 0.2) is 0 Å². The van der Waals surface area contributed by atoms with Crippen LogP contribution in [-0.2, 0) is 4.79 Å². The standard InChI is InChI=1S/C9H17NO3/c11-6-7-3-1-2-4-8(7)10-5-9(12)13/h7-8,10-11H,1-6H2,(H,12,13). The maximum Gasteiger partial charge on any atom is 0.317 e. The Hall–Kier alpha value is -0.610. The van der Waals surface area contributed by atoms with Gasteiger partial charge in [0.2, 0.25) is 0 Å². The highest BCUT2D eigenvalue weighted by atomic mass is 16.4. The van der Waals surface area contributed by atoms with Gasteiger partial charge in [-0.25, -0.2) is 0 Å². The molecule has 1 aliphatic carbocycles. The fraction of sp³-hybridized carbons (Fsp3) is 0.889. The topological polar surface area (TPSA) is 69.6 Å². The Balaban J connectivity index is 2.31. The third kappa shape index (κ3) is 3.32. The van der Waals surface area contributed by atoms with Crippen LogP contribution in [0.3, 0.4) is 0 Å². The van der Waals surface area contributed by atoms with Gasteiger partial charge in [-0.15, -0.1) is 0 Å². The molecule has 0 heterocycles. The van der Waals surface area contributed by atoms with Crippen molar-refractivity contribution >= 4 is 5.97 Å². The van der Waals surface area contributed by atoms with Crippen molar-refractivity contribution in [3.8, 4) is 0 Å². The summed E-state index contributed by atoms with van der Waals surface area (Å²) in [5, 5.41) is 20.5. The van der Waals surface area contributed by atoms with E-state index in [1.54, 1.807) is 0 Å². The predicted molar refractivity (Wildman–Crippen MR) is 48.5 cm³/mol. The van der Waals surface area contributed by atoms with E-state index in [0.29, 0.717) is 0 Å². The van der Waals surface area contributed by atoms with Crippen LogP contribution in [0.2, 0.25) is 0 Å². The summed E-state index contributed by atoms with van der Waals surface area (Å²) in [7, 11) is 0. The highest BCUT2D eigenvalue weighted by Gasteiger charge is 2.24. The molecule has 4 nitrogen and oxygen atoms in total. The van der Waals surface area contributed by atoms with E-state index < -0.39 is 5.97 Å². The Morgan fingerprint density at radius 2 is 2.08 bits per heavy atom. The van der Waals surface area contributed by atoms with Gasteiger partial charge in [-0.05, 0) is 18.8 Å². The van der Waals surface area contributed by atoms with Crippen LogP contribution < -0.4 is 5.32 Å². The lowest BCUT2D eigenvalue weighted by Crippen LogP contribution is -2.42. The second kappa shape index (κ2) is 5.19. The molecule has 4 heteroatoms. The van der Waals surface area contributed by atoms with E-state index in [0.717, 1.165) is 25.7 Å². The molecule has 2 atom stereocenters.